The highest BCUT2D eigenvalue weighted by Gasteiger charge is 2.21. The number of rotatable bonds is 2. The van der Waals surface area contributed by atoms with Gasteiger partial charge < -0.3 is 4.57 Å². The van der Waals surface area contributed by atoms with Crippen molar-refractivity contribution in [1.29, 1.82) is 0 Å². The molecule has 0 saturated heterocycles. The van der Waals surface area contributed by atoms with Crippen molar-refractivity contribution in [3.05, 3.63) is 71.3 Å². The van der Waals surface area contributed by atoms with Crippen LogP contribution in [-0.2, 0) is 6.54 Å². The lowest BCUT2D eigenvalue weighted by atomic mass is 10.1. The van der Waals surface area contributed by atoms with E-state index in [1.54, 1.807) is 10.9 Å². The molecule has 5 heteroatoms. The molecule has 0 fully saturated rings. The van der Waals surface area contributed by atoms with E-state index in [1.165, 1.54) is 0 Å². The molecule has 0 spiro atoms. The molecule has 1 aromatic carbocycles. The Morgan fingerprint density at radius 3 is 2.82 bits per heavy atom. The zero-order valence-electron chi connectivity index (χ0n) is 12.1. The van der Waals surface area contributed by atoms with E-state index < -0.39 is 0 Å². The van der Waals surface area contributed by atoms with Gasteiger partial charge in [0.1, 0.15) is 5.70 Å². The van der Waals surface area contributed by atoms with E-state index in [-0.39, 0.29) is 5.78 Å². The fourth-order valence-corrected chi connectivity index (χ4v) is 2.66. The van der Waals surface area contributed by atoms with E-state index in [0.29, 0.717) is 17.8 Å². The minimum Gasteiger partial charge on any atom is -0.342 e. The molecule has 0 radical (unpaired) electrons. The summed E-state index contributed by atoms with van der Waals surface area (Å²) in [4.78, 5) is 12.9. The standard InChI is InChI=1S/C17H14N4O/c1-12-4-6-13(7-5-12)17(22)16-9-14-3-2-8-20(14)11-15-10-18-19-21(15)16/h2-10H,11H2,1H3. The van der Waals surface area contributed by atoms with Crippen molar-refractivity contribution in [2.24, 2.45) is 0 Å². The predicted molar refractivity (Wildman–Crippen MR) is 83.2 cm³/mol. The third-order valence-corrected chi connectivity index (χ3v) is 3.88. The van der Waals surface area contributed by atoms with Gasteiger partial charge in [-0.15, -0.1) is 5.10 Å². The highest BCUT2D eigenvalue weighted by Crippen LogP contribution is 2.23. The Morgan fingerprint density at radius 2 is 2.00 bits per heavy atom. The average Bonchev–Trinajstić information content (AvgIpc) is 3.13. The largest absolute Gasteiger partial charge is 0.342 e. The predicted octanol–water partition coefficient (Wildman–Crippen LogP) is 2.63. The molecule has 0 N–H and O–H groups in total. The summed E-state index contributed by atoms with van der Waals surface area (Å²) in [6.07, 6.45) is 5.56. The van der Waals surface area contributed by atoms with E-state index in [2.05, 4.69) is 14.9 Å². The molecular weight excluding hydrogens is 276 g/mol. The highest BCUT2D eigenvalue weighted by atomic mass is 16.1. The van der Waals surface area contributed by atoms with Crippen LogP contribution in [0.3, 0.4) is 0 Å². The van der Waals surface area contributed by atoms with Gasteiger partial charge in [0.25, 0.3) is 0 Å². The second kappa shape index (κ2) is 4.80. The van der Waals surface area contributed by atoms with E-state index in [9.17, 15) is 4.79 Å². The van der Waals surface area contributed by atoms with Crippen LogP contribution in [0.2, 0.25) is 0 Å². The topological polar surface area (TPSA) is 52.7 Å². The van der Waals surface area contributed by atoms with Gasteiger partial charge in [-0.1, -0.05) is 35.0 Å². The van der Waals surface area contributed by atoms with Crippen molar-refractivity contribution in [3.63, 3.8) is 0 Å². The monoisotopic (exact) mass is 290 g/mol. The highest BCUT2D eigenvalue weighted by molar-refractivity contribution is 6.27. The lowest BCUT2D eigenvalue weighted by Gasteiger charge is -2.07. The number of Topliss-reactive ketones (excluding diaryl/α,β-unsaturated/α-hetero) is 1. The van der Waals surface area contributed by atoms with Crippen LogP contribution in [0.25, 0.3) is 11.8 Å². The van der Waals surface area contributed by atoms with Crippen molar-refractivity contribution >= 4 is 17.6 Å². The first-order valence-electron chi connectivity index (χ1n) is 7.10. The third kappa shape index (κ3) is 1.98. The Hall–Kier alpha value is -2.95. The number of benzene rings is 1. The van der Waals surface area contributed by atoms with Crippen molar-refractivity contribution in [2.45, 2.75) is 13.5 Å². The van der Waals surface area contributed by atoms with Crippen LogP contribution in [-0.4, -0.2) is 25.3 Å². The summed E-state index contributed by atoms with van der Waals surface area (Å²) in [7, 11) is 0. The lowest BCUT2D eigenvalue weighted by molar-refractivity contribution is 0.105. The van der Waals surface area contributed by atoms with Gasteiger partial charge in [0, 0.05) is 17.5 Å². The molecule has 22 heavy (non-hydrogen) atoms. The van der Waals surface area contributed by atoms with Gasteiger partial charge in [-0.3, -0.25) is 4.79 Å². The number of allylic oxidation sites excluding steroid dienone is 1. The molecule has 0 amide bonds. The molecule has 0 unspecified atom stereocenters. The molecule has 1 aliphatic heterocycles. The number of fused-ring (bicyclic) bond motifs is 2. The summed E-state index contributed by atoms with van der Waals surface area (Å²) in [6, 6.07) is 11.5. The summed E-state index contributed by atoms with van der Waals surface area (Å²) in [5, 5.41) is 8.04. The molecule has 5 nitrogen and oxygen atoms in total. The molecule has 1 aliphatic rings. The first-order chi connectivity index (χ1) is 10.7. The molecule has 0 atom stereocenters. The van der Waals surface area contributed by atoms with Crippen LogP contribution in [0.15, 0.2) is 48.8 Å². The van der Waals surface area contributed by atoms with E-state index in [4.69, 9.17) is 0 Å². The maximum Gasteiger partial charge on any atom is 0.211 e. The maximum atomic E-state index is 12.9. The quantitative estimate of drug-likeness (QED) is 0.682. The molecule has 108 valence electrons. The molecule has 0 saturated carbocycles. The minimum absolute atomic E-state index is 0.0543. The summed E-state index contributed by atoms with van der Waals surface area (Å²) in [5.41, 5.74) is 4.18. The van der Waals surface area contributed by atoms with Gasteiger partial charge in [0.2, 0.25) is 5.78 Å². The third-order valence-electron chi connectivity index (χ3n) is 3.88. The SMILES string of the molecule is Cc1ccc(C(=O)C2=Cc3cccn3Cc3cnnn32)cc1. The van der Waals surface area contributed by atoms with Crippen molar-refractivity contribution < 1.29 is 4.79 Å². The van der Waals surface area contributed by atoms with Crippen LogP contribution < -0.4 is 0 Å². The summed E-state index contributed by atoms with van der Waals surface area (Å²) < 4.78 is 3.71. The number of aromatic nitrogens is 4. The summed E-state index contributed by atoms with van der Waals surface area (Å²) in [6.45, 7) is 2.65. The number of ketones is 1. The molecule has 3 aromatic rings. The van der Waals surface area contributed by atoms with Gasteiger partial charge in [0.15, 0.2) is 0 Å². The molecule has 0 aliphatic carbocycles. The fraction of sp³-hybridized carbons (Fsp3) is 0.118. The number of hydrogen-bond donors (Lipinski definition) is 0. The average molecular weight is 290 g/mol. The molecule has 3 heterocycles. The fourth-order valence-electron chi connectivity index (χ4n) is 2.66. The summed E-state index contributed by atoms with van der Waals surface area (Å²) >= 11 is 0. The Kier molecular flexibility index (Phi) is 2.79. The summed E-state index contributed by atoms with van der Waals surface area (Å²) in [5.74, 6) is -0.0543. The van der Waals surface area contributed by atoms with Gasteiger partial charge in [-0.05, 0) is 25.1 Å². The van der Waals surface area contributed by atoms with Crippen LogP contribution in [0.5, 0.6) is 0 Å². The number of nitrogens with zero attached hydrogens (tertiary/aromatic N) is 4. The van der Waals surface area contributed by atoms with Crippen molar-refractivity contribution in [3.8, 4) is 0 Å². The van der Waals surface area contributed by atoms with Crippen LogP contribution in [0.4, 0.5) is 0 Å². The lowest BCUT2D eigenvalue weighted by Crippen LogP contribution is -2.12. The minimum atomic E-state index is -0.0543. The van der Waals surface area contributed by atoms with Crippen LogP contribution in [0.1, 0.15) is 27.3 Å². The molecule has 2 aromatic heterocycles. The Morgan fingerprint density at radius 1 is 1.18 bits per heavy atom. The first-order valence-corrected chi connectivity index (χ1v) is 7.10. The second-order valence-corrected chi connectivity index (χ2v) is 5.42. The number of carbonyl (C=O) groups excluding carboxylic acids is 1. The number of aryl methyl sites for hydroxylation is 1. The molecule has 0 bridgehead atoms. The Labute approximate surface area is 127 Å². The molecular formula is C17H14N4O. The second-order valence-electron chi connectivity index (χ2n) is 5.42. The first kappa shape index (κ1) is 12.8. The van der Waals surface area contributed by atoms with Crippen LogP contribution >= 0.6 is 0 Å². The smallest absolute Gasteiger partial charge is 0.211 e. The van der Waals surface area contributed by atoms with Gasteiger partial charge in [-0.2, -0.15) is 0 Å². The number of carbonyl (C=O) groups is 1. The Bertz CT molecular complexity index is 884. The van der Waals surface area contributed by atoms with Crippen LogP contribution in [0, 0.1) is 6.92 Å². The van der Waals surface area contributed by atoms with Gasteiger partial charge in [0.05, 0.1) is 18.4 Å². The maximum absolute atomic E-state index is 12.9. The van der Waals surface area contributed by atoms with E-state index in [1.807, 2.05) is 55.6 Å². The Balaban J connectivity index is 1.86. The van der Waals surface area contributed by atoms with Gasteiger partial charge >= 0.3 is 0 Å². The zero-order chi connectivity index (χ0) is 15.1. The zero-order valence-corrected chi connectivity index (χ0v) is 12.1. The molecule has 4 rings (SSSR count). The normalized spacial score (nSPS) is 13.0. The van der Waals surface area contributed by atoms with Gasteiger partial charge in [-0.25, -0.2) is 4.68 Å². The van der Waals surface area contributed by atoms with E-state index in [0.717, 1.165) is 17.0 Å². The van der Waals surface area contributed by atoms with Crippen molar-refractivity contribution in [2.75, 3.05) is 0 Å². The van der Waals surface area contributed by atoms with E-state index >= 15 is 0 Å². The van der Waals surface area contributed by atoms with Crippen molar-refractivity contribution in [1.82, 2.24) is 19.6 Å². The number of hydrogen-bond acceptors (Lipinski definition) is 3.